The van der Waals surface area contributed by atoms with Crippen LogP contribution in [-0.4, -0.2) is 23.8 Å². The molecule has 124 valence electrons. The van der Waals surface area contributed by atoms with Gasteiger partial charge in [0.25, 0.3) is 0 Å². The van der Waals surface area contributed by atoms with Crippen LogP contribution in [0.1, 0.15) is 18.4 Å². The number of carbonyl (C=O) groups is 2. The Bertz CT molecular complexity index is 757. The van der Waals surface area contributed by atoms with Crippen LogP contribution >= 0.6 is 11.6 Å². The Balaban J connectivity index is 1.68. The third-order valence-corrected chi connectivity index (χ3v) is 4.52. The van der Waals surface area contributed by atoms with Crippen LogP contribution in [0.2, 0.25) is 5.02 Å². The number of hydrogen-bond acceptors (Lipinski definition) is 2. The molecule has 1 N–H and O–H groups in total. The molecule has 5 heteroatoms. The van der Waals surface area contributed by atoms with E-state index in [4.69, 9.17) is 11.6 Å². The van der Waals surface area contributed by atoms with Gasteiger partial charge in [-0.15, -0.1) is 0 Å². The van der Waals surface area contributed by atoms with Crippen molar-refractivity contribution in [3.05, 3.63) is 65.2 Å². The highest BCUT2D eigenvalue weighted by Gasteiger charge is 2.57. The molecule has 0 radical (unpaired) electrons. The Morgan fingerprint density at radius 1 is 1.12 bits per heavy atom. The van der Waals surface area contributed by atoms with E-state index >= 15 is 0 Å². The van der Waals surface area contributed by atoms with E-state index in [0.29, 0.717) is 30.1 Å². The van der Waals surface area contributed by atoms with Crippen LogP contribution in [0.25, 0.3) is 0 Å². The summed E-state index contributed by atoms with van der Waals surface area (Å²) < 4.78 is 0. The minimum atomic E-state index is -0.939. The van der Waals surface area contributed by atoms with Crippen molar-refractivity contribution in [3.8, 4) is 0 Å². The van der Waals surface area contributed by atoms with Crippen LogP contribution in [-0.2, 0) is 16.1 Å². The van der Waals surface area contributed by atoms with E-state index in [0.717, 1.165) is 5.56 Å². The first-order chi connectivity index (χ1) is 11.5. The molecule has 3 rings (SSSR count). The predicted octanol–water partition coefficient (Wildman–Crippen LogP) is 3.72. The smallest absolute Gasteiger partial charge is 0.240 e. The molecular weight excluding hydrogens is 324 g/mol. The average molecular weight is 343 g/mol. The molecule has 0 atom stereocenters. The first-order valence-corrected chi connectivity index (χ1v) is 8.25. The van der Waals surface area contributed by atoms with Gasteiger partial charge in [0.15, 0.2) is 0 Å². The van der Waals surface area contributed by atoms with Crippen molar-refractivity contribution in [1.82, 2.24) is 4.90 Å². The molecule has 1 aliphatic carbocycles. The molecule has 2 aromatic rings. The van der Waals surface area contributed by atoms with Crippen molar-refractivity contribution in [2.24, 2.45) is 5.41 Å². The lowest BCUT2D eigenvalue weighted by molar-refractivity contribution is -0.141. The molecule has 2 amide bonds. The topological polar surface area (TPSA) is 49.4 Å². The number of nitrogens with zero attached hydrogens (tertiary/aromatic N) is 1. The summed E-state index contributed by atoms with van der Waals surface area (Å²) in [6.07, 6.45) is 1.16. The predicted molar refractivity (Wildman–Crippen MR) is 94.7 cm³/mol. The highest BCUT2D eigenvalue weighted by atomic mass is 35.5. The van der Waals surface area contributed by atoms with E-state index in [2.05, 4.69) is 5.32 Å². The monoisotopic (exact) mass is 342 g/mol. The molecule has 0 aromatic heterocycles. The minimum Gasteiger partial charge on any atom is -0.340 e. The van der Waals surface area contributed by atoms with E-state index in [1.165, 1.54) is 0 Å². The second-order valence-electron chi connectivity index (χ2n) is 6.19. The van der Waals surface area contributed by atoms with E-state index < -0.39 is 5.41 Å². The number of anilines is 1. The third kappa shape index (κ3) is 3.44. The summed E-state index contributed by atoms with van der Waals surface area (Å²) in [6.45, 7) is 0.492. The Morgan fingerprint density at radius 2 is 1.83 bits per heavy atom. The maximum Gasteiger partial charge on any atom is 0.240 e. The van der Waals surface area contributed by atoms with Crippen molar-refractivity contribution in [3.63, 3.8) is 0 Å². The zero-order valence-electron chi connectivity index (χ0n) is 13.5. The summed E-state index contributed by atoms with van der Waals surface area (Å²) in [5.41, 5.74) is 0.711. The molecule has 1 aliphatic rings. The lowest BCUT2D eigenvalue weighted by Crippen LogP contribution is -2.40. The SMILES string of the molecule is CN(Cc1ccccc1)C(=O)C1(C(=O)Nc2cccc(Cl)c2)CC1. The normalized spacial score (nSPS) is 14.8. The molecule has 0 bridgehead atoms. The van der Waals surface area contributed by atoms with E-state index in [-0.39, 0.29) is 11.8 Å². The molecule has 0 unspecified atom stereocenters. The van der Waals surface area contributed by atoms with Gasteiger partial charge in [-0.25, -0.2) is 0 Å². The van der Waals surface area contributed by atoms with Gasteiger partial charge in [0.05, 0.1) is 0 Å². The fourth-order valence-electron chi connectivity index (χ4n) is 2.77. The molecule has 1 fully saturated rings. The van der Waals surface area contributed by atoms with Gasteiger partial charge in [0.2, 0.25) is 11.8 Å². The number of carbonyl (C=O) groups excluding carboxylic acids is 2. The first kappa shape index (κ1) is 16.5. The molecule has 0 spiro atoms. The second-order valence-corrected chi connectivity index (χ2v) is 6.63. The highest BCUT2D eigenvalue weighted by molar-refractivity contribution is 6.31. The molecule has 0 saturated heterocycles. The Hall–Kier alpha value is -2.33. The van der Waals surface area contributed by atoms with Gasteiger partial charge >= 0.3 is 0 Å². The van der Waals surface area contributed by atoms with Gasteiger partial charge in [0, 0.05) is 24.3 Å². The highest BCUT2D eigenvalue weighted by Crippen LogP contribution is 2.48. The molecule has 24 heavy (non-hydrogen) atoms. The number of hydrogen-bond donors (Lipinski definition) is 1. The summed E-state index contributed by atoms with van der Waals surface area (Å²) in [4.78, 5) is 27.0. The van der Waals surface area contributed by atoms with Gasteiger partial charge in [-0.05, 0) is 36.6 Å². The second kappa shape index (κ2) is 6.65. The van der Waals surface area contributed by atoms with E-state index in [1.54, 1.807) is 36.2 Å². The minimum absolute atomic E-state index is 0.133. The van der Waals surface area contributed by atoms with Crippen LogP contribution in [0.4, 0.5) is 5.69 Å². The molecule has 0 heterocycles. The molecule has 1 saturated carbocycles. The van der Waals surface area contributed by atoms with Crippen molar-refractivity contribution in [2.75, 3.05) is 12.4 Å². The Morgan fingerprint density at radius 3 is 2.46 bits per heavy atom. The lowest BCUT2D eigenvalue weighted by atomic mass is 10.0. The number of halogens is 1. The largest absolute Gasteiger partial charge is 0.340 e. The van der Waals surface area contributed by atoms with Crippen LogP contribution in [0.5, 0.6) is 0 Å². The number of amides is 2. The van der Waals surface area contributed by atoms with E-state index in [1.807, 2.05) is 30.3 Å². The summed E-state index contributed by atoms with van der Waals surface area (Å²) in [7, 11) is 1.74. The number of nitrogens with one attached hydrogen (secondary N) is 1. The standard InChI is InChI=1S/C19H19ClN2O2/c1-22(13-14-6-3-2-4-7-14)18(24)19(10-11-19)17(23)21-16-9-5-8-15(20)12-16/h2-9,12H,10-11,13H2,1H3,(H,21,23). The van der Waals surface area contributed by atoms with E-state index in [9.17, 15) is 9.59 Å². The zero-order chi connectivity index (χ0) is 17.2. The maximum absolute atomic E-state index is 12.8. The fourth-order valence-corrected chi connectivity index (χ4v) is 2.96. The molecule has 2 aromatic carbocycles. The molecule has 0 aliphatic heterocycles. The third-order valence-electron chi connectivity index (χ3n) is 4.29. The number of rotatable bonds is 5. The summed E-state index contributed by atoms with van der Waals surface area (Å²) in [5.74, 6) is -0.388. The summed E-state index contributed by atoms with van der Waals surface area (Å²) >= 11 is 5.93. The van der Waals surface area contributed by atoms with Gasteiger partial charge in [0.1, 0.15) is 5.41 Å². The number of benzene rings is 2. The molecule has 4 nitrogen and oxygen atoms in total. The quantitative estimate of drug-likeness (QED) is 0.842. The Labute approximate surface area is 146 Å². The maximum atomic E-state index is 12.8. The van der Waals surface area contributed by atoms with Crippen molar-refractivity contribution in [2.45, 2.75) is 19.4 Å². The average Bonchev–Trinajstić information content (AvgIpc) is 3.37. The zero-order valence-corrected chi connectivity index (χ0v) is 14.2. The van der Waals surface area contributed by atoms with Crippen molar-refractivity contribution in [1.29, 1.82) is 0 Å². The molecular formula is C19H19ClN2O2. The first-order valence-electron chi connectivity index (χ1n) is 7.88. The summed E-state index contributed by atoms with van der Waals surface area (Å²) in [6, 6.07) is 16.7. The lowest BCUT2D eigenvalue weighted by Gasteiger charge is -2.23. The Kier molecular flexibility index (Phi) is 4.58. The summed E-state index contributed by atoms with van der Waals surface area (Å²) in [5, 5.41) is 3.36. The van der Waals surface area contributed by atoms with Gasteiger partial charge in [-0.2, -0.15) is 0 Å². The van der Waals surface area contributed by atoms with Crippen LogP contribution in [0, 0.1) is 5.41 Å². The van der Waals surface area contributed by atoms with Gasteiger partial charge < -0.3 is 10.2 Å². The fraction of sp³-hybridized carbons (Fsp3) is 0.263. The van der Waals surface area contributed by atoms with Crippen LogP contribution in [0.15, 0.2) is 54.6 Å². The van der Waals surface area contributed by atoms with Gasteiger partial charge in [-0.3, -0.25) is 9.59 Å². The van der Waals surface area contributed by atoms with Gasteiger partial charge in [-0.1, -0.05) is 48.0 Å². The van der Waals surface area contributed by atoms with Crippen molar-refractivity contribution >= 4 is 29.1 Å². The van der Waals surface area contributed by atoms with Crippen LogP contribution < -0.4 is 5.32 Å². The van der Waals surface area contributed by atoms with Crippen LogP contribution in [0.3, 0.4) is 0 Å². The van der Waals surface area contributed by atoms with Crippen molar-refractivity contribution < 1.29 is 9.59 Å².